The normalized spacial score (nSPS) is 16.8. The number of carboxylic acids is 1. The summed E-state index contributed by atoms with van der Waals surface area (Å²) in [5.41, 5.74) is 6.46. The average Bonchev–Trinajstić information content (AvgIpc) is 3.05. The van der Waals surface area contributed by atoms with Crippen molar-refractivity contribution in [3.63, 3.8) is 0 Å². The van der Waals surface area contributed by atoms with Crippen LogP contribution in [-0.2, 0) is 0 Å². The number of aromatic carboxylic acids is 1. The molecule has 0 saturated heterocycles. The van der Waals surface area contributed by atoms with Gasteiger partial charge in [0.2, 0.25) is 0 Å². The second kappa shape index (κ2) is 5.89. The van der Waals surface area contributed by atoms with Crippen LogP contribution in [0.4, 0.5) is 0 Å². The minimum Gasteiger partial charge on any atom is -0.497 e. The van der Waals surface area contributed by atoms with Crippen LogP contribution in [0.2, 0.25) is 0 Å². The third kappa shape index (κ3) is 2.79. The van der Waals surface area contributed by atoms with E-state index in [0.29, 0.717) is 0 Å². The number of carboxylic acid groups (broad SMARTS) is 1. The Morgan fingerprint density at radius 1 is 1.18 bits per heavy atom. The molecule has 0 amide bonds. The molecule has 112 valence electrons. The van der Waals surface area contributed by atoms with Crippen LogP contribution in [-0.4, -0.2) is 23.9 Å². The second-order valence-corrected chi connectivity index (χ2v) is 5.10. The molecule has 0 unspecified atom stereocenters. The fraction of sp³-hybridized carbons (Fsp3) is 0.176. The summed E-state index contributed by atoms with van der Waals surface area (Å²) in [6.07, 6.45) is 0.763. The Bertz CT molecular complexity index is 706. The smallest absolute Gasteiger partial charge is 0.335 e. The molecule has 3 rings (SSSR count). The highest BCUT2D eigenvalue weighted by Crippen LogP contribution is 2.25. The van der Waals surface area contributed by atoms with Gasteiger partial charge in [-0.1, -0.05) is 12.1 Å². The summed E-state index contributed by atoms with van der Waals surface area (Å²) in [7, 11) is 1.64. The van der Waals surface area contributed by atoms with Gasteiger partial charge in [0, 0.05) is 6.42 Å². The van der Waals surface area contributed by atoms with Gasteiger partial charge in [-0.05, 0) is 47.5 Å². The number of carbonyl (C=O) groups is 1. The molecule has 5 nitrogen and oxygen atoms in total. The highest BCUT2D eigenvalue weighted by Gasteiger charge is 2.21. The summed E-state index contributed by atoms with van der Waals surface area (Å²) in [4.78, 5) is 10.9. The zero-order valence-corrected chi connectivity index (χ0v) is 12.1. The van der Waals surface area contributed by atoms with Crippen molar-refractivity contribution in [3.8, 4) is 5.75 Å². The zero-order chi connectivity index (χ0) is 15.5. The predicted octanol–water partition coefficient (Wildman–Crippen LogP) is 2.83. The van der Waals surface area contributed by atoms with Crippen LogP contribution in [0.5, 0.6) is 5.75 Å². The number of hydrazone groups is 1. The minimum absolute atomic E-state index is 0.0694. The van der Waals surface area contributed by atoms with Crippen LogP contribution in [0.3, 0.4) is 0 Å². The minimum atomic E-state index is -0.916. The second-order valence-electron chi connectivity index (χ2n) is 5.10. The topological polar surface area (TPSA) is 70.9 Å². The first-order chi connectivity index (χ1) is 10.7. The largest absolute Gasteiger partial charge is 0.497 e. The fourth-order valence-corrected chi connectivity index (χ4v) is 2.46. The number of hydrogen-bond acceptors (Lipinski definition) is 4. The Hall–Kier alpha value is -2.82. The summed E-state index contributed by atoms with van der Waals surface area (Å²) >= 11 is 0. The molecule has 0 spiro atoms. The standard InChI is InChI=1S/C17H16N2O3/c1-22-14-8-6-12(7-9-14)16-10-15(18-19-16)11-2-4-13(5-3-11)17(20)21/h2-9,15,18H,10H2,1H3,(H,20,21)/t15-/m0/s1. The molecular formula is C17H16N2O3. The number of benzene rings is 2. The van der Waals surface area contributed by atoms with Gasteiger partial charge >= 0.3 is 5.97 Å². The lowest BCUT2D eigenvalue weighted by atomic mass is 9.98. The Kier molecular flexibility index (Phi) is 3.78. The Labute approximate surface area is 128 Å². The van der Waals surface area contributed by atoms with E-state index in [1.807, 2.05) is 36.4 Å². The van der Waals surface area contributed by atoms with Gasteiger partial charge in [-0.3, -0.25) is 0 Å². The van der Waals surface area contributed by atoms with Crippen LogP contribution in [0.25, 0.3) is 0 Å². The summed E-state index contributed by atoms with van der Waals surface area (Å²) in [5.74, 6) is -0.0998. The first-order valence-corrected chi connectivity index (χ1v) is 6.97. The molecular weight excluding hydrogens is 280 g/mol. The van der Waals surface area contributed by atoms with E-state index in [2.05, 4.69) is 10.5 Å². The van der Waals surface area contributed by atoms with Crippen molar-refractivity contribution in [1.82, 2.24) is 5.43 Å². The van der Waals surface area contributed by atoms with Crippen molar-refractivity contribution in [2.45, 2.75) is 12.5 Å². The monoisotopic (exact) mass is 296 g/mol. The van der Waals surface area contributed by atoms with Crippen LogP contribution in [0, 0.1) is 0 Å². The lowest BCUT2D eigenvalue weighted by Gasteiger charge is -2.10. The van der Waals surface area contributed by atoms with E-state index >= 15 is 0 Å². The van der Waals surface area contributed by atoms with Gasteiger partial charge in [0.1, 0.15) is 5.75 Å². The van der Waals surface area contributed by atoms with E-state index in [-0.39, 0.29) is 11.6 Å². The molecule has 0 aliphatic carbocycles. The lowest BCUT2D eigenvalue weighted by molar-refractivity contribution is 0.0697. The van der Waals surface area contributed by atoms with E-state index in [1.165, 1.54) is 0 Å². The number of rotatable bonds is 4. The molecule has 0 radical (unpaired) electrons. The molecule has 1 atom stereocenters. The van der Waals surface area contributed by atoms with Crippen LogP contribution < -0.4 is 10.2 Å². The first kappa shape index (κ1) is 14.1. The highest BCUT2D eigenvalue weighted by molar-refractivity contribution is 6.01. The maximum absolute atomic E-state index is 10.9. The van der Waals surface area contributed by atoms with Gasteiger partial charge in [-0.15, -0.1) is 0 Å². The molecule has 22 heavy (non-hydrogen) atoms. The molecule has 2 aromatic rings. The van der Waals surface area contributed by atoms with Gasteiger partial charge in [-0.2, -0.15) is 5.10 Å². The van der Waals surface area contributed by atoms with E-state index in [4.69, 9.17) is 9.84 Å². The number of methoxy groups -OCH3 is 1. The van der Waals surface area contributed by atoms with Crippen molar-refractivity contribution in [2.24, 2.45) is 5.10 Å². The van der Waals surface area contributed by atoms with E-state index in [0.717, 1.165) is 29.0 Å². The maximum atomic E-state index is 10.9. The summed E-state index contributed by atoms with van der Waals surface area (Å²) < 4.78 is 5.15. The van der Waals surface area contributed by atoms with Crippen LogP contribution in [0.15, 0.2) is 53.6 Å². The summed E-state index contributed by atoms with van der Waals surface area (Å²) in [6.45, 7) is 0. The van der Waals surface area contributed by atoms with Crippen LogP contribution in [0.1, 0.15) is 33.9 Å². The predicted molar refractivity (Wildman–Crippen MR) is 83.4 cm³/mol. The van der Waals surface area contributed by atoms with Crippen LogP contribution >= 0.6 is 0 Å². The number of hydrogen-bond donors (Lipinski definition) is 2. The average molecular weight is 296 g/mol. The Balaban J connectivity index is 1.71. The van der Waals surface area contributed by atoms with Gasteiger partial charge in [0.25, 0.3) is 0 Å². The first-order valence-electron chi connectivity index (χ1n) is 6.97. The molecule has 0 bridgehead atoms. The molecule has 2 aromatic carbocycles. The third-order valence-electron chi connectivity index (χ3n) is 3.74. The van der Waals surface area contributed by atoms with E-state index < -0.39 is 5.97 Å². The third-order valence-corrected chi connectivity index (χ3v) is 3.74. The van der Waals surface area contributed by atoms with Crippen molar-refractivity contribution in [3.05, 3.63) is 65.2 Å². The molecule has 1 aliphatic heterocycles. The van der Waals surface area contributed by atoms with E-state index in [9.17, 15) is 4.79 Å². The number of nitrogens with zero attached hydrogens (tertiary/aromatic N) is 1. The fourth-order valence-electron chi connectivity index (χ4n) is 2.46. The summed E-state index contributed by atoms with van der Waals surface area (Å²) in [5, 5.41) is 13.3. The lowest BCUT2D eigenvalue weighted by Crippen LogP contribution is -2.10. The van der Waals surface area contributed by atoms with E-state index in [1.54, 1.807) is 19.2 Å². The molecule has 0 aromatic heterocycles. The summed E-state index contributed by atoms with van der Waals surface area (Å²) in [6, 6.07) is 14.7. The quantitative estimate of drug-likeness (QED) is 0.910. The van der Waals surface area contributed by atoms with Gasteiger partial charge in [0.05, 0.1) is 24.4 Å². The van der Waals surface area contributed by atoms with Crippen molar-refractivity contribution in [2.75, 3.05) is 7.11 Å². The molecule has 0 fully saturated rings. The molecule has 1 heterocycles. The number of ether oxygens (including phenoxy) is 1. The van der Waals surface area contributed by atoms with Gasteiger partial charge in [0.15, 0.2) is 0 Å². The SMILES string of the molecule is COc1ccc(C2=NN[C@H](c3ccc(C(=O)O)cc3)C2)cc1. The highest BCUT2D eigenvalue weighted by atomic mass is 16.5. The molecule has 5 heteroatoms. The number of nitrogens with one attached hydrogen (secondary N) is 1. The van der Waals surface area contributed by atoms with Crippen molar-refractivity contribution in [1.29, 1.82) is 0 Å². The Morgan fingerprint density at radius 3 is 2.45 bits per heavy atom. The molecule has 0 saturated carbocycles. The van der Waals surface area contributed by atoms with Gasteiger partial charge in [-0.25, -0.2) is 4.79 Å². The maximum Gasteiger partial charge on any atom is 0.335 e. The zero-order valence-electron chi connectivity index (χ0n) is 12.1. The van der Waals surface area contributed by atoms with Crippen molar-refractivity contribution < 1.29 is 14.6 Å². The van der Waals surface area contributed by atoms with Crippen molar-refractivity contribution >= 4 is 11.7 Å². The Morgan fingerprint density at radius 2 is 1.86 bits per heavy atom. The molecule has 1 aliphatic rings. The molecule has 2 N–H and O–H groups in total. The van der Waals surface area contributed by atoms with Gasteiger partial charge < -0.3 is 15.3 Å².